The summed E-state index contributed by atoms with van der Waals surface area (Å²) in [5.74, 6) is 0.497. The Balaban J connectivity index is 1.99. The summed E-state index contributed by atoms with van der Waals surface area (Å²) >= 11 is 5.25. The smallest absolute Gasteiger partial charge is 0.257 e. The quantitative estimate of drug-likeness (QED) is 0.597. The third-order valence-electron chi connectivity index (χ3n) is 3.78. The fourth-order valence-corrected chi connectivity index (χ4v) is 2.69. The van der Waals surface area contributed by atoms with Crippen LogP contribution in [-0.2, 0) is 0 Å². The van der Waals surface area contributed by atoms with Crippen molar-refractivity contribution in [3.63, 3.8) is 0 Å². The summed E-state index contributed by atoms with van der Waals surface area (Å²) in [6.45, 7) is 10.4. The highest BCUT2D eigenvalue weighted by Crippen LogP contribution is 2.15. The highest BCUT2D eigenvalue weighted by atomic mass is 32.1. The van der Waals surface area contributed by atoms with E-state index in [1.165, 1.54) is 0 Å². The molecular formula is C23H29N3O3S. The molecule has 0 unspecified atom stereocenters. The van der Waals surface area contributed by atoms with E-state index in [4.69, 9.17) is 17.0 Å². The number of ether oxygens (including phenoxy) is 1. The maximum atomic E-state index is 12.5. The lowest BCUT2D eigenvalue weighted by atomic mass is 10.1. The van der Waals surface area contributed by atoms with Gasteiger partial charge < -0.3 is 15.4 Å². The van der Waals surface area contributed by atoms with E-state index in [0.29, 0.717) is 35.1 Å². The van der Waals surface area contributed by atoms with Gasteiger partial charge in [-0.05, 0) is 75.3 Å². The molecule has 6 nitrogen and oxygen atoms in total. The molecule has 3 N–H and O–H groups in total. The van der Waals surface area contributed by atoms with E-state index in [0.717, 1.165) is 0 Å². The molecule has 30 heavy (non-hydrogen) atoms. The van der Waals surface area contributed by atoms with Gasteiger partial charge in [0.05, 0.1) is 6.61 Å². The van der Waals surface area contributed by atoms with Crippen molar-refractivity contribution in [3.8, 4) is 5.75 Å². The van der Waals surface area contributed by atoms with Crippen molar-refractivity contribution in [2.75, 3.05) is 11.9 Å². The minimum Gasteiger partial charge on any atom is -0.493 e. The number of rotatable bonds is 6. The molecule has 7 heteroatoms. The minimum atomic E-state index is -0.343. The summed E-state index contributed by atoms with van der Waals surface area (Å²) < 4.78 is 5.66. The Labute approximate surface area is 183 Å². The van der Waals surface area contributed by atoms with Crippen molar-refractivity contribution >= 4 is 34.8 Å². The Morgan fingerprint density at radius 2 is 1.63 bits per heavy atom. The molecule has 0 fully saturated rings. The monoisotopic (exact) mass is 427 g/mol. The Hall–Kier alpha value is -2.93. The van der Waals surface area contributed by atoms with Gasteiger partial charge in [0.2, 0.25) is 0 Å². The number of anilines is 1. The first-order chi connectivity index (χ1) is 14.0. The summed E-state index contributed by atoms with van der Waals surface area (Å²) in [7, 11) is 0. The normalized spacial score (nSPS) is 11.0. The number of amides is 2. The van der Waals surface area contributed by atoms with Crippen molar-refractivity contribution in [1.29, 1.82) is 0 Å². The third kappa shape index (κ3) is 7.83. The molecule has 160 valence electrons. The molecule has 2 amide bonds. The molecule has 0 aromatic heterocycles. The average Bonchev–Trinajstić information content (AvgIpc) is 2.65. The van der Waals surface area contributed by atoms with Crippen molar-refractivity contribution in [3.05, 3.63) is 59.7 Å². The van der Waals surface area contributed by atoms with Gasteiger partial charge in [0.25, 0.3) is 11.8 Å². The van der Waals surface area contributed by atoms with E-state index in [1.54, 1.807) is 42.5 Å². The van der Waals surface area contributed by atoms with Gasteiger partial charge in [0.1, 0.15) is 5.75 Å². The van der Waals surface area contributed by atoms with Gasteiger partial charge in [-0.2, -0.15) is 0 Å². The lowest BCUT2D eigenvalue weighted by Gasteiger charge is -2.20. The van der Waals surface area contributed by atoms with Crippen LogP contribution in [-0.4, -0.2) is 29.1 Å². The topological polar surface area (TPSA) is 79.5 Å². The standard InChI is InChI=1S/C23H29N3O3S/c1-15(2)14-29-19-11-7-9-17(13-19)20(27)25-22(30)24-18-10-6-8-16(12-18)21(28)26-23(3,4)5/h6-13,15H,14H2,1-5H3,(H,26,28)(H2,24,25,27,30). The van der Waals surface area contributed by atoms with Gasteiger partial charge in [-0.1, -0.05) is 26.0 Å². The van der Waals surface area contributed by atoms with Crippen molar-refractivity contribution < 1.29 is 14.3 Å². The largest absolute Gasteiger partial charge is 0.493 e. The second-order valence-electron chi connectivity index (χ2n) is 8.43. The molecule has 0 saturated carbocycles. The number of nitrogens with one attached hydrogen (secondary N) is 3. The maximum Gasteiger partial charge on any atom is 0.257 e. The molecule has 0 aliphatic carbocycles. The highest BCUT2D eigenvalue weighted by molar-refractivity contribution is 7.80. The van der Waals surface area contributed by atoms with E-state index in [1.807, 2.05) is 26.8 Å². The number of thiocarbonyl (C=S) groups is 1. The van der Waals surface area contributed by atoms with Gasteiger partial charge in [0, 0.05) is 22.4 Å². The molecule has 0 aliphatic rings. The summed E-state index contributed by atoms with van der Waals surface area (Å²) in [5, 5.41) is 8.64. The number of carbonyl (C=O) groups is 2. The van der Waals surface area contributed by atoms with Crippen molar-refractivity contribution in [2.45, 2.75) is 40.2 Å². The van der Waals surface area contributed by atoms with Crippen LogP contribution in [0.1, 0.15) is 55.3 Å². The zero-order chi connectivity index (χ0) is 22.3. The SMILES string of the molecule is CC(C)COc1cccc(C(=O)NC(=S)Nc2cccc(C(=O)NC(C)(C)C)c2)c1. The number of benzene rings is 2. The van der Waals surface area contributed by atoms with Crippen LogP contribution < -0.4 is 20.7 Å². The van der Waals surface area contributed by atoms with Gasteiger partial charge in [-0.25, -0.2) is 0 Å². The number of hydrogen-bond acceptors (Lipinski definition) is 4. The van der Waals surface area contributed by atoms with Crippen LogP contribution in [0.15, 0.2) is 48.5 Å². The van der Waals surface area contributed by atoms with Gasteiger partial charge >= 0.3 is 0 Å². The molecule has 2 rings (SSSR count). The van der Waals surface area contributed by atoms with Gasteiger partial charge in [-0.15, -0.1) is 0 Å². The maximum absolute atomic E-state index is 12.5. The summed E-state index contributed by atoms with van der Waals surface area (Å²) in [4.78, 5) is 24.8. The first-order valence-electron chi connectivity index (χ1n) is 9.81. The predicted octanol–water partition coefficient (Wildman–Crippen LogP) is 4.38. The molecular weight excluding hydrogens is 398 g/mol. The lowest BCUT2D eigenvalue weighted by Crippen LogP contribution is -2.40. The molecule has 0 atom stereocenters. The Morgan fingerprint density at radius 1 is 1.00 bits per heavy atom. The Kier molecular flexibility index (Phi) is 7.94. The molecule has 0 radical (unpaired) electrons. The zero-order valence-corrected chi connectivity index (χ0v) is 18.9. The second kappa shape index (κ2) is 10.2. The molecule has 2 aromatic rings. The van der Waals surface area contributed by atoms with Crippen LogP contribution in [0.3, 0.4) is 0 Å². The average molecular weight is 428 g/mol. The zero-order valence-electron chi connectivity index (χ0n) is 18.0. The fourth-order valence-electron chi connectivity index (χ4n) is 2.48. The summed E-state index contributed by atoms with van der Waals surface area (Å²) in [6, 6.07) is 13.9. The highest BCUT2D eigenvalue weighted by Gasteiger charge is 2.16. The third-order valence-corrected chi connectivity index (χ3v) is 3.98. The number of hydrogen-bond donors (Lipinski definition) is 3. The minimum absolute atomic E-state index is 0.141. The van der Waals surface area contributed by atoms with E-state index < -0.39 is 0 Å². The Bertz CT molecular complexity index is 920. The van der Waals surface area contributed by atoms with Crippen molar-refractivity contribution in [1.82, 2.24) is 10.6 Å². The van der Waals surface area contributed by atoms with Crippen LogP contribution in [0.2, 0.25) is 0 Å². The van der Waals surface area contributed by atoms with E-state index in [2.05, 4.69) is 29.8 Å². The first-order valence-corrected chi connectivity index (χ1v) is 10.2. The lowest BCUT2D eigenvalue weighted by molar-refractivity contribution is 0.0918. The summed E-state index contributed by atoms with van der Waals surface area (Å²) in [6.07, 6.45) is 0. The second-order valence-corrected chi connectivity index (χ2v) is 8.83. The molecule has 0 spiro atoms. The van der Waals surface area contributed by atoms with Crippen LogP contribution in [0.5, 0.6) is 5.75 Å². The van der Waals surface area contributed by atoms with Crippen LogP contribution >= 0.6 is 12.2 Å². The Morgan fingerprint density at radius 3 is 2.27 bits per heavy atom. The van der Waals surface area contributed by atoms with Crippen molar-refractivity contribution in [2.24, 2.45) is 5.92 Å². The van der Waals surface area contributed by atoms with Crippen LogP contribution in [0, 0.1) is 5.92 Å². The van der Waals surface area contributed by atoms with E-state index in [9.17, 15) is 9.59 Å². The molecule has 2 aromatic carbocycles. The molecule has 0 heterocycles. The molecule has 0 bridgehead atoms. The summed E-state index contributed by atoms with van der Waals surface area (Å²) in [5.41, 5.74) is 1.21. The van der Waals surface area contributed by atoms with Crippen LogP contribution in [0.25, 0.3) is 0 Å². The van der Waals surface area contributed by atoms with Gasteiger partial charge in [0.15, 0.2) is 5.11 Å². The van der Waals surface area contributed by atoms with Crippen LogP contribution in [0.4, 0.5) is 5.69 Å². The fraction of sp³-hybridized carbons (Fsp3) is 0.348. The predicted molar refractivity (Wildman–Crippen MR) is 124 cm³/mol. The number of carbonyl (C=O) groups excluding carboxylic acids is 2. The first kappa shape index (κ1) is 23.3. The van der Waals surface area contributed by atoms with E-state index >= 15 is 0 Å². The molecule has 0 saturated heterocycles. The molecule has 0 aliphatic heterocycles. The van der Waals surface area contributed by atoms with E-state index in [-0.39, 0.29) is 22.5 Å². The van der Waals surface area contributed by atoms with Gasteiger partial charge in [-0.3, -0.25) is 14.9 Å².